The molecule has 0 saturated carbocycles. The maximum Gasteiger partial charge on any atom is 0.0480 e. The number of nitrogens with one attached hydrogen (secondary N) is 1. The third-order valence-corrected chi connectivity index (χ3v) is 2.52. The predicted molar refractivity (Wildman–Crippen MR) is 52.7 cm³/mol. The lowest BCUT2D eigenvalue weighted by Gasteiger charge is -2.17. The second-order valence-electron chi connectivity index (χ2n) is 3.94. The highest BCUT2D eigenvalue weighted by atomic mass is 16.5. The molecule has 1 rings (SSSR count). The van der Waals surface area contributed by atoms with Crippen molar-refractivity contribution in [3.63, 3.8) is 0 Å². The zero-order valence-electron chi connectivity index (χ0n) is 8.46. The predicted octanol–water partition coefficient (Wildman–Crippen LogP) is 0.773. The fourth-order valence-electron chi connectivity index (χ4n) is 1.54. The Morgan fingerprint density at radius 1 is 1.46 bits per heavy atom. The first kappa shape index (κ1) is 11.0. The Bertz CT molecular complexity index is 122. The largest absolute Gasteiger partial charge is 0.396 e. The molecule has 1 aliphatic rings. The van der Waals surface area contributed by atoms with E-state index in [-0.39, 0.29) is 6.61 Å². The van der Waals surface area contributed by atoms with E-state index in [4.69, 9.17) is 9.84 Å². The molecule has 0 aromatic heterocycles. The van der Waals surface area contributed by atoms with Gasteiger partial charge in [0.25, 0.3) is 0 Å². The van der Waals surface area contributed by atoms with Gasteiger partial charge in [0, 0.05) is 32.4 Å². The van der Waals surface area contributed by atoms with Gasteiger partial charge >= 0.3 is 0 Å². The highest BCUT2D eigenvalue weighted by Crippen LogP contribution is 2.08. The zero-order valence-corrected chi connectivity index (χ0v) is 8.46. The van der Waals surface area contributed by atoms with Gasteiger partial charge in [-0.2, -0.15) is 0 Å². The minimum atomic E-state index is 0.274. The van der Waals surface area contributed by atoms with Crippen LogP contribution in [0.25, 0.3) is 0 Å². The van der Waals surface area contributed by atoms with Crippen LogP contribution in [0.1, 0.15) is 26.2 Å². The third-order valence-electron chi connectivity index (χ3n) is 2.52. The van der Waals surface area contributed by atoms with Crippen LogP contribution in [-0.2, 0) is 4.74 Å². The molecule has 2 unspecified atom stereocenters. The van der Waals surface area contributed by atoms with Crippen LogP contribution in [-0.4, -0.2) is 37.5 Å². The fraction of sp³-hybridized carbons (Fsp3) is 1.00. The van der Waals surface area contributed by atoms with Gasteiger partial charge in [0.05, 0.1) is 0 Å². The quantitative estimate of drug-likeness (QED) is 0.683. The number of aliphatic hydroxyl groups is 1. The number of ether oxygens (including phenoxy) is 1. The Kier molecular flexibility index (Phi) is 5.35. The van der Waals surface area contributed by atoms with Gasteiger partial charge in [-0.15, -0.1) is 0 Å². The van der Waals surface area contributed by atoms with Crippen LogP contribution in [0.4, 0.5) is 0 Å². The molecule has 13 heavy (non-hydrogen) atoms. The molecular formula is C10H21NO2. The van der Waals surface area contributed by atoms with Gasteiger partial charge in [0.2, 0.25) is 0 Å². The van der Waals surface area contributed by atoms with Crippen LogP contribution in [0.2, 0.25) is 0 Å². The SMILES string of the molecule is CC(CO)CNC1CCCOCC1. The van der Waals surface area contributed by atoms with E-state index in [0.717, 1.165) is 32.6 Å². The van der Waals surface area contributed by atoms with Gasteiger partial charge in [0.1, 0.15) is 0 Å². The van der Waals surface area contributed by atoms with E-state index in [1.54, 1.807) is 0 Å². The van der Waals surface area contributed by atoms with Crippen molar-refractivity contribution in [1.82, 2.24) is 5.32 Å². The summed E-state index contributed by atoms with van der Waals surface area (Å²) in [7, 11) is 0. The van der Waals surface area contributed by atoms with E-state index in [0.29, 0.717) is 12.0 Å². The van der Waals surface area contributed by atoms with E-state index in [1.165, 1.54) is 6.42 Å². The van der Waals surface area contributed by atoms with Crippen LogP contribution in [0, 0.1) is 5.92 Å². The molecule has 1 heterocycles. The van der Waals surface area contributed by atoms with Crippen LogP contribution < -0.4 is 5.32 Å². The Morgan fingerprint density at radius 2 is 2.31 bits per heavy atom. The van der Waals surface area contributed by atoms with Crippen molar-refractivity contribution in [2.45, 2.75) is 32.2 Å². The van der Waals surface area contributed by atoms with Gasteiger partial charge in [-0.3, -0.25) is 0 Å². The molecule has 0 aromatic rings. The molecule has 3 heteroatoms. The van der Waals surface area contributed by atoms with Gasteiger partial charge in [0.15, 0.2) is 0 Å². The zero-order chi connectivity index (χ0) is 9.52. The third kappa shape index (κ3) is 4.60. The molecule has 78 valence electrons. The average Bonchev–Trinajstić information content (AvgIpc) is 2.42. The van der Waals surface area contributed by atoms with E-state index in [1.807, 2.05) is 0 Å². The number of hydrogen-bond donors (Lipinski definition) is 2. The topological polar surface area (TPSA) is 41.5 Å². The lowest BCUT2D eigenvalue weighted by Crippen LogP contribution is -2.33. The van der Waals surface area contributed by atoms with E-state index in [9.17, 15) is 0 Å². The van der Waals surface area contributed by atoms with Crippen molar-refractivity contribution in [1.29, 1.82) is 0 Å². The lowest BCUT2D eigenvalue weighted by molar-refractivity contribution is 0.142. The molecule has 3 nitrogen and oxygen atoms in total. The second-order valence-corrected chi connectivity index (χ2v) is 3.94. The summed E-state index contributed by atoms with van der Waals surface area (Å²) in [6.45, 7) is 5.04. The Morgan fingerprint density at radius 3 is 3.08 bits per heavy atom. The molecule has 0 radical (unpaired) electrons. The molecule has 2 N–H and O–H groups in total. The molecule has 1 fully saturated rings. The summed E-state index contributed by atoms with van der Waals surface area (Å²) in [6, 6.07) is 0.594. The Balaban J connectivity index is 2.11. The summed E-state index contributed by atoms with van der Waals surface area (Å²) in [5.41, 5.74) is 0. The molecule has 0 amide bonds. The van der Waals surface area contributed by atoms with Gasteiger partial charge < -0.3 is 15.2 Å². The summed E-state index contributed by atoms with van der Waals surface area (Å²) in [4.78, 5) is 0. The molecule has 0 spiro atoms. The van der Waals surface area contributed by atoms with Crippen molar-refractivity contribution in [3.8, 4) is 0 Å². The first-order valence-corrected chi connectivity index (χ1v) is 5.25. The van der Waals surface area contributed by atoms with Crippen molar-refractivity contribution in [3.05, 3.63) is 0 Å². The standard InChI is InChI=1S/C10H21NO2/c1-9(8-12)7-11-10-3-2-5-13-6-4-10/h9-12H,2-8H2,1H3. The first-order chi connectivity index (χ1) is 6.33. The number of rotatable bonds is 4. The maximum absolute atomic E-state index is 8.86. The minimum Gasteiger partial charge on any atom is -0.396 e. The first-order valence-electron chi connectivity index (χ1n) is 5.25. The molecule has 1 saturated heterocycles. The Hall–Kier alpha value is -0.120. The molecule has 0 aromatic carbocycles. The summed E-state index contributed by atoms with van der Waals surface area (Å²) < 4.78 is 5.37. The molecule has 0 bridgehead atoms. The smallest absolute Gasteiger partial charge is 0.0480 e. The molecule has 0 aliphatic carbocycles. The van der Waals surface area contributed by atoms with Crippen LogP contribution >= 0.6 is 0 Å². The monoisotopic (exact) mass is 187 g/mol. The van der Waals surface area contributed by atoms with E-state index in [2.05, 4.69) is 12.2 Å². The highest BCUT2D eigenvalue weighted by molar-refractivity contribution is 4.70. The normalized spacial score (nSPS) is 26.8. The van der Waals surface area contributed by atoms with Gasteiger partial charge in [-0.25, -0.2) is 0 Å². The van der Waals surface area contributed by atoms with E-state index < -0.39 is 0 Å². The Labute approximate surface area is 80.5 Å². The van der Waals surface area contributed by atoms with Crippen LogP contribution in [0.5, 0.6) is 0 Å². The van der Waals surface area contributed by atoms with Crippen LogP contribution in [0.15, 0.2) is 0 Å². The van der Waals surface area contributed by atoms with Crippen LogP contribution in [0.3, 0.4) is 0 Å². The maximum atomic E-state index is 8.86. The molecule has 2 atom stereocenters. The van der Waals surface area contributed by atoms with Crippen molar-refractivity contribution >= 4 is 0 Å². The lowest BCUT2D eigenvalue weighted by atomic mass is 10.1. The summed E-state index contributed by atoms with van der Waals surface area (Å²) in [6.07, 6.45) is 3.47. The fourth-order valence-corrected chi connectivity index (χ4v) is 1.54. The molecule has 1 aliphatic heterocycles. The van der Waals surface area contributed by atoms with E-state index >= 15 is 0 Å². The minimum absolute atomic E-state index is 0.274. The van der Waals surface area contributed by atoms with Crippen molar-refractivity contribution < 1.29 is 9.84 Å². The highest BCUT2D eigenvalue weighted by Gasteiger charge is 2.12. The van der Waals surface area contributed by atoms with Crippen molar-refractivity contribution in [2.24, 2.45) is 5.92 Å². The number of aliphatic hydroxyl groups excluding tert-OH is 1. The second kappa shape index (κ2) is 6.35. The van der Waals surface area contributed by atoms with Gasteiger partial charge in [-0.05, 0) is 25.2 Å². The average molecular weight is 187 g/mol. The molecular weight excluding hydrogens is 166 g/mol. The summed E-state index contributed by atoms with van der Waals surface area (Å²) in [5, 5.41) is 12.3. The summed E-state index contributed by atoms with van der Waals surface area (Å²) >= 11 is 0. The van der Waals surface area contributed by atoms with Gasteiger partial charge in [-0.1, -0.05) is 6.92 Å². The summed E-state index contributed by atoms with van der Waals surface area (Å²) in [5.74, 6) is 0.365. The van der Waals surface area contributed by atoms with Crippen molar-refractivity contribution in [2.75, 3.05) is 26.4 Å². The number of hydrogen-bond acceptors (Lipinski definition) is 3.